The molecule has 4 heteroatoms. The lowest BCUT2D eigenvalue weighted by atomic mass is 10.1. The van der Waals surface area contributed by atoms with Gasteiger partial charge in [0.25, 0.3) is 0 Å². The van der Waals surface area contributed by atoms with Crippen molar-refractivity contribution in [3.63, 3.8) is 0 Å². The monoisotopic (exact) mass is 272 g/mol. The Morgan fingerprint density at radius 1 is 1.53 bits per heavy atom. The van der Waals surface area contributed by atoms with Gasteiger partial charge in [-0.3, -0.25) is 4.98 Å². The average molecular weight is 273 g/mol. The van der Waals surface area contributed by atoms with E-state index in [9.17, 15) is 0 Å². The van der Waals surface area contributed by atoms with Crippen LogP contribution in [0.25, 0.3) is 0 Å². The molecule has 0 saturated heterocycles. The third kappa shape index (κ3) is 4.28. The van der Waals surface area contributed by atoms with Crippen LogP contribution in [0.5, 0.6) is 0 Å². The summed E-state index contributed by atoms with van der Waals surface area (Å²) in [5.74, 6) is 0. The van der Waals surface area contributed by atoms with E-state index >= 15 is 0 Å². The lowest BCUT2D eigenvalue weighted by molar-refractivity contribution is 0.0575. The fourth-order valence-corrected chi connectivity index (χ4v) is 1.56. The summed E-state index contributed by atoms with van der Waals surface area (Å²) in [7, 11) is 0. The molecule has 2 atom stereocenters. The molecule has 1 heterocycles. The van der Waals surface area contributed by atoms with E-state index in [4.69, 9.17) is 10.5 Å². The summed E-state index contributed by atoms with van der Waals surface area (Å²) in [6.45, 7) is 4.66. The van der Waals surface area contributed by atoms with E-state index in [0.717, 1.165) is 16.6 Å². The molecule has 0 fully saturated rings. The first-order valence-corrected chi connectivity index (χ1v) is 5.90. The Balaban J connectivity index is 2.50. The van der Waals surface area contributed by atoms with Crippen molar-refractivity contribution in [2.24, 2.45) is 5.73 Å². The van der Waals surface area contributed by atoms with E-state index in [-0.39, 0.29) is 12.1 Å². The van der Waals surface area contributed by atoms with Gasteiger partial charge in [-0.15, -0.1) is 0 Å². The van der Waals surface area contributed by atoms with E-state index in [1.807, 2.05) is 26.0 Å². The minimum atomic E-state index is -0.00127. The molecule has 0 amide bonds. The van der Waals surface area contributed by atoms with Crippen LogP contribution in [0.15, 0.2) is 22.8 Å². The zero-order valence-corrected chi connectivity index (χ0v) is 10.7. The second-order valence-corrected chi connectivity index (χ2v) is 4.41. The van der Waals surface area contributed by atoms with Gasteiger partial charge in [0.1, 0.15) is 0 Å². The summed E-state index contributed by atoms with van der Waals surface area (Å²) in [5.41, 5.74) is 6.99. The van der Waals surface area contributed by atoms with Gasteiger partial charge >= 0.3 is 0 Å². The molecule has 0 radical (unpaired) electrons. The number of rotatable bonds is 5. The number of halogens is 1. The Labute approximate surface area is 99.2 Å². The van der Waals surface area contributed by atoms with Gasteiger partial charge in [0.2, 0.25) is 0 Å². The third-order valence-electron chi connectivity index (χ3n) is 2.27. The highest BCUT2D eigenvalue weighted by atomic mass is 79.9. The van der Waals surface area contributed by atoms with Crippen LogP contribution in [0.3, 0.4) is 0 Å². The maximum Gasteiger partial charge on any atom is 0.0701 e. The molecule has 0 bridgehead atoms. The molecule has 0 aliphatic rings. The van der Waals surface area contributed by atoms with Crippen LogP contribution in [0.2, 0.25) is 0 Å². The van der Waals surface area contributed by atoms with Crippen LogP contribution < -0.4 is 5.73 Å². The summed E-state index contributed by atoms with van der Waals surface area (Å²) in [4.78, 5) is 4.28. The largest absolute Gasteiger partial charge is 0.377 e. The van der Waals surface area contributed by atoms with Crippen LogP contribution >= 0.6 is 15.9 Å². The van der Waals surface area contributed by atoms with Crippen molar-refractivity contribution < 1.29 is 4.74 Å². The van der Waals surface area contributed by atoms with E-state index in [0.29, 0.717) is 6.61 Å². The minimum absolute atomic E-state index is 0.00127. The van der Waals surface area contributed by atoms with Crippen LogP contribution in [0.1, 0.15) is 19.5 Å². The highest BCUT2D eigenvalue weighted by Gasteiger charge is 2.13. The fourth-order valence-electron chi connectivity index (χ4n) is 1.32. The number of aromatic nitrogens is 1. The molecule has 3 nitrogen and oxygen atoms in total. The molecule has 0 aromatic carbocycles. The summed E-state index contributed by atoms with van der Waals surface area (Å²) in [5, 5.41) is 0. The maximum atomic E-state index is 6.00. The number of nitrogens with zero attached hydrogens (tertiary/aromatic N) is 1. The van der Waals surface area contributed by atoms with Gasteiger partial charge in [0, 0.05) is 35.4 Å². The quantitative estimate of drug-likeness (QED) is 0.894. The van der Waals surface area contributed by atoms with E-state index in [2.05, 4.69) is 20.9 Å². The van der Waals surface area contributed by atoms with Crippen LogP contribution in [0.4, 0.5) is 0 Å². The lowest BCUT2D eigenvalue weighted by Crippen LogP contribution is -2.36. The van der Waals surface area contributed by atoms with Gasteiger partial charge in [-0.25, -0.2) is 0 Å². The first-order chi connectivity index (χ1) is 7.13. The first kappa shape index (κ1) is 12.6. The standard InChI is InChI=1S/C11H17BrN2O/c1-3-15-8(2)11(13)6-10-5-4-9(12)7-14-10/h4-5,7-8,11H,3,6,13H2,1-2H3. The molecule has 0 aliphatic carbocycles. The minimum Gasteiger partial charge on any atom is -0.377 e. The molecule has 15 heavy (non-hydrogen) atoms. The molecule has 84 valence electrons. The van der Waals surface area contributed by atoms with Gasteiger partial charge < -0.3 is 10.5 Å². The number of ether oxygens (including phenoxy) is 1. The van der Waals surface area contributed by atoms with E-state index in [1.165, 1.54) is 0 Å². The predicted molar refractivity (Wildman–Crippen MR) is 64.7 cm³/mol. The smallest absolute Gasteiger partial charge is 0.0701 e. The lowest BCUT2D eigenvalue weighted by Gasteiger charge is -2.19. The molecule has 0 spiro atoms. The van der Waals surface area contributed by atoms with Gasteiger partial charge in [0.15, 0.2) is 0 Å². The number of hydrogen-bond acceptors (Lipinski definition) is 3. The average Bonchev–Trinajstić information content (AvgIpc) is 2.22. The normalized spacial score (nSPS) is 14.9. The maximum absolute atomic E-state index is 6.00. The van der Waals surface area contributed by atoms with Gasteiger partial charge in [-0.1, -0.05) is 0 Å². The van der Waals surface area contributed by atoms with Crippen LogP contribution in [-0.2, 0) is 11.2 Å². The topological polar surface area (TPSA) is 48.1 Å². The molecular weight excluding hydrogens is 256 g/mol. The Bertz CT molecular complexity index is 289. The summed E-state index contributed by atoms with van der Waals surface area (Å²) < 4.78 is 6.42. The molecular formula is C11H17BrN2O. The van der Waals surface area contributed by atoms with E-state index in [1.54, 1.807) is 6.20 Å². The second-order valence-electron chi connectivity index (χ2n) is 3.50. The molecule has 2 unspecified atom stereocenters. The highest BCUT2D eigenvalue weighted by Crippen LogP contribution is 2.09. The Morgan fingerprint density at radius 2 is 2.27 bits per heavy atom. The van der Waals surface area contributed by atoms with Gasteiger partial charge in [-0.05, 0) is 41.9 Å². The number of nitrogens with two attached hydrogens (primary N) is 1. The van der Waals surface area contributed by atoms with Crippen LogP contribution in [0, 0.1) is 0 Å². The zero-order valence-electron chi connectivity index (χ0n) is 9.11. The van der Waals surface area contributed by atoms with Gasteiger partial charge in [-0.2, -0.15) is 0 Å². The van der Waals surface area contributed by atoms with Crippen molar-refractivity contribution in [3.8, 4) is 0 Å². The first-order valence-electron chi connectivity index (χ1n) is 5.11. The Hall–Kier alpha value is -0.450. The van der Waals surface area contributed by atoms with Crippen LogP contribution in [-0.4, -0.2) is 23.7 Å². The summed E-state index contributed by atoms with van der Waals surface area (Å²) in [6, 6.07) is 3.95. The van der Waals surface area contributed by atoms with Crippen molar-refractivity contribution in [3.05, 3.63) is 28.5 Å². The van der Waals surface area contributed by atoms with Gasteiger partial charge in [0.05, 0.1) is 6.10 Å². The Morgan fingerprint density at radius 3 is 2.80 bits per heavy atom. The molecule has 2 N–H and O–H groups in total. The van der Waals surface area contributed by atoms with Crippen molar-refractivity contribution >= 4 is 15.9 Å². The van der Waals surface area contributed by atoms with Crippen molar-refractivity contribution in [2.75, 3.05) is 6.61 Å². The van der Waals surface area contributed by atoms with E-state index < -0.39 is 0 Å². The summed E-state index contributed by atoms with van der Waals surface area (Å²) >= 11 is 3.35. The molecule has 0 saturated carbocycles. The third-order valence-corrected chi connectivity index (χ3v) is 2.74. The Kier molecular flexibility index (Phi) is 5.22. The molecule has 0 aliphatic heterocycles. The SMILES string of the molecule is CCOC(C)C(N)Cc1ccc(Br)cn1. The number of hydrogen-bond donors (Lipinski definition) is 1. The summed E-state index contributed by atoms with van der Waals surface area (Å²) in [6.07, 6.45) is 2.60. The van der Waals surface area contributed by atoms with Crippen molar-refractivity contribution in [2.45, 2.75) is 32.4 Å². The second kappa shape index (κ2) is 6.20. The fraction of sp³-hybridized carbons (Fsp3) is 0.545. The van der Waals surface area contributed by atoms with Crippen molar-refractivity contribution in [1.29, 1.82) is 0 Å². The predicted octanol–water partition coefficient (Wildman–Crippen LogP) is 2.14. The zero-order chi connectivity index (χ0) is 11.3. The molecule has 1 aromatic rings. The van der Waals surface area contributed by atoms with Crippen molar-refractivity contribution in [1.82, 2.24) is 4.98 Å². The molecule has 1 aromatic heterocycles. The molecule has 1 rings (SSSR count). The highest BCUT2D eigenvalue weighted by molar-refractivity contribution is 9.10. The number of pyridine rings is 1.